The van der Waals surface area contributed by atoms with Crippen LogP contribution in [0.25, 0.3) is 0 Å². The van der Waals surface area contributed by atoms with Gasteiger partial charge in [0.1, 0.15) is 11.9 Å². The average Bonchev–Trinajstić information content (AvgIpc) is 2.82. The standard InChI is InChI=1S/C26H35ClFN3O4S/c1-4-6-16-29-26(33)24(5-2)30(19-20-12-14-22(28)15-13-20)25(32)11-8-17-31(36(3,34)35)23-10-7-9-21(27)18-23/h7,9-10,12-15,18,24H,4-6,8,11,16-17,19H2,1-3H3,(H,29,33). The normalized spacial score (nSPS) is 12.1. The Kier molecular flexibility index (Phi) is 11.7. The third-order valence-electron chi connectivity index (χ3n) is 5.73. The lowest BCUT2D eigenvalue weighted by Crippen LogP contribution is -2.49. The summed E-state index contributed by atoms with van der Waals surface area (Å²) >= 11 is 6.03. The lowest BCUT2D eigenvalue weighted by molar-refractivity contribution is -0.141. The fraction of sp³-hybridized carbons (Fsp3) is 0.462. The topological polar surface area (TPSA) is 86.8 Å². The fourth-order valence-corrected chi connectivity index (χ4v) is 4.99. The highest BCUT2D eigenvalue weighted by molar-refractivity contribution is 7.92. The molecule has 0 aliphatic heterocycles. The number of nitrogens with zero attached hydrogens (tertiary/aromatic N) is 2. The Morgan fingerprint density at radius 1 is 1.08 bits per heavy atom. The van der Waals surface area contributed by atoms with Crippen molar-refractivity contribution in [3.63, 3.8) is 0 Å². The van der Waals surface area contributed by atoms with Crippen LogP contribution in [0.2, 0.25) is 5.02 Å². The molecule has 0 bridgehead atoms. The molecule has 0 fully saturated rings. The molecule has 0 heterocycles. The maximum atomic E-state index is 13.4. The molecule has 198 valence electrons. The van der Waals surface area contributed by atoms with Crippen molar-refractivity contribution in [3.05, 3.63) is 64.9 Å². The molecule has 2 rings (SSSR count). The molecule has 0 saturated carbocycles. The second-order valence-corrected chi connectivity index (χ2v) is 11.0. The molecule has 0 radical (unpaired) electrons. The Balaban J connectivity index is 2.19. The maximum Gasteiger partial charge on any atom is 0.242 e. The number of sulfonamides is 1. The molecule has 7 nitrogen and oxygen atoms in total. The van der Waals surface area contributed by atoms with Crippen molar-refractivity contribution in [3.8, 4) is 0 Å². The van der Waals surface area contributed by atoms with Gasteiger partial charge in [-0.15, -0.1) is 0 Å². The van der Waals surface area contributed by atoms with E-state index < -0.39 is 16.1 Å². The summed E-state index contributed by atoms with van der Waals surface area (Å²) in [4.78, 5) is 27.8. The Bertz CT molecular complexity index is 1110. The number of hydrogen-bond acceptors (Lipinski definition) is 4. The molecule has 10 heteroatoms. The summed E-state index contributed by atoms with van der Waals surface area (Å²) in [5.74, 6) is -0.905. The predicted octanol–water partition coefficient (Wildman–Crippen LogP) is 4.75. The lowest BCUT2D eigenvalue weighted by Gasteiger charge is -2.31. The number of benzene rings is 2. The van der Waals surface area contributed by atoms with Gasteiger partial charge in [-0.25, -0.2) is 12.8 Å². The monoisotopic (exact) mass is 539 g/mol. The summed E-state index contributed by atoms with van der Waals surface area (Å²) in [6, 6.07) is 11.6. The van der Waals surface area contributed by atoms with Gasteiger partial charge in [0.2, 0.25) is 21.8 Å². The van der Waals surface area contributed by atoms with E-state index in [1.165, 1.54) is 21.3 Å². The summed E-state index contributed by atoms with van der Waals surface area (Å²) in [6.07, 6.45) is 3.55. The van der Waals surface area contributed by atoms with E-state index in [0.717, 1.165) is 19.1 Å². The Morgan fingerprint density at radius 2 is 1.78 bits per heavy atom. The van der Waals surface area contributed by atoms with Gasteiger partial charge in [-0.2, -0.15) is 0 Å². The molecule has 1 unspecified atom stereocenters. The molecule has 0 aliphatic rings. The number of amides is 2. The third-order valence-corrected chi connectivity index (χ3v) is 7.16. The molecule has 2 aromatic rings. The van der Waals surface area contributed by atoms with Gasteiger partial charge < -0.3 is 10.2 Å². The van der Waals surface area contributed by atoms with Gasteiger partial charge in [0.15, 0.2) is 0 Å². The molecule has 0 saturated heterocycles. The van der Waals surface area contributed by atoms with Crippen LogP contribution in [0.5, 0.6) is 0 Å². The van der Waals surface area contributed by atoms with Crippen molar-refractivity contribution >= 4 is 39.1 Å². The van der Waals surface area contributed by atoms with Crippen LogP contribution < -0.4 is 9.62 Å². The lowest BCUT2D eigenvalue weighted by atomic mass is 10.1. The van der Waals surface area contributed by atoms with Crippen LogP contribution >= 0.6 is 11.6 Å². The van der Waals surface area contributed by atoms with Crippen LogP contribution in [0.1, 0.15) is 51.5 Å². The van der Waals surface area contributed by atoms with E-state index in [1.54, 1.807) is 36.4 Å². The molecule has 0 aliphatic carbocycles. The molecular weight excluding hydrogens is 505 g/mol. The average molecular weight is 540 g/mol. The molecular formula is C26H35ClFN3O4S. The highest BCUT2D eigenvalue weighted by atomic mass is 35.5. The predicted molar refractivity (Wildman–Crippen MR) is 142 cm³/mol. The van der Waals surface area contributed by atoms with Gasteiger partial charge in [-0.3, -0.25) is 13.9 Å². The van der Waals surface area contributed by atoms with Crippen LogP contribution in [-0.4, -0.2) is 50.5 Å². The van der Waals surface area contributed by atoms with Crippen molar-refractivity contribution in [2.45, 2.75) is 58.5 Å². The van der Waals surface area contributed by atoms with Crippen molar-refractivity contribution in [1.82, 2.24) is 10.2 Å². The van der Waals surface area contributed by atoms with Gasteiger partial charge in [0, 0.05) is 31.1 Å². The van der Waals surface area contributed by atoms with Crippen LogP contribution in [0.4, 0.5) is 10.1 Å². The zero-order valence-corrected chi connectivity index (χ0v) is 22.6. The number of carbonyl (C=O) groups is 2. The van der Waals surface area contributed by atoms with E-state index in [-0.39, 0.29) is 43.6 Å². The van der Waals surface area contributed by atoms with Crippen molar-refractivity contribution in [1.29, 1.82) is 0 Å². The van der Waals surface area contributed by atoms with Crippen LogP contribution in [-0.2, 0) is 26.2 Å². The van der Waals surface area contributed by atoms with E-state index in [0.29, 0.717) is 29.2 Å². The second kappa shape index (κ2) is 14.2. The van der Waals surface area contributed by atoms with Gasteiger partial charge in [0.05, 0.1) is 11.9 Å². The molecule has 0 spiro atoms. The number of rotatable bonds is 14. The van der Waals surface area contributed by atoms with Crippen molar-refractivity contribution in [2.24, 2.45) is 0 Å². The van der Waals surface area contributed by atoms with Gasteiger partial charge in [-0.1, -0.05) is 50.1 Å². The number of hydrogen-bond donors (Lipinski definition) is 1. The number of halogens is 2. The summed E-state index contributed by atoms with van der Waals surface area (Å²) < 4.78 is 39.4. The van der Waals surface area contributed by atoms with Crippen LogP contribution in [0, 0.1) is 5.82 Å². The summed E-state index contributed by atoms with van der Waals surface area (Å²) in [7, 11) is -3.60. The van der Waals surface area contributed by atoms with Gasteiger partial charge >= 0.3 is 0 Å². The van der Waals surface area contributed by atoms with E-state index in [9.17, 15) is 22.4 Å². The first kappa shape index (κ1) is 29.6. The van der Waals surface area contributed by atoms with Crippen LogP contribution in [0.3, 0.4) is 0 Å². The first-order valence-corrected chi connectivity index (χ1v) is 14.3. The maximum absolute atomic E-state index is 13.4. The van der Waals surface area contributed by atoms with E-state index >= 15 is 0 Å². The van der Waals surface area contributed by atoms with Crippen molar-refractivity contribution < 1.29 is 22.4 Å². The minimum Gasteiger partial charge on any atom is -0.354 e. The summed E-state index contributed by atoms with van der Waals surface area (Å²) in [6.45, 7) is 4.60. The number of unbranched alkanes of at least 4 members (excludes halogenated alkanes) is 1. The summed E-state index contributed by atoms with van der Waals surface area (Å²) in [5, 5.41) is 3.30. The number of anilines is 1. The second-order valence-electron chi connectivity index (χ2n) is 8.64. The van der Waals surface area contributed by atoms with E-state index in [2.05, 4.69) is 5.32 Å². The molecule has 2 amide bonds. The fourth-order valence-electron chi connectivity index (χ4n) is 3.85. The third kappa shape index (κ3) is 9.09. The smallest absolute Gasteiger partial charge is 0.242 e. The number of carbonyl (C=O) groups excluding carboxylic acids is 2. The minimum absolute atomic E-state index is 0.0342. The zero-order chi connectivity index (χ0) is 26.7. The SMILES string of the molecule is CCCCNC(=O)C(CC)N(Cc1ccc(F)cc1)C(=O)CCCN(c1cccc(Cl)c1)S(C)(=O)=O. The Hall–Kier alpha value is -2.65. The molecule has 2 aromatic carbocycles. The van der Waals surface area contributed by atoms with Crippen LogP contribution in [0.15, 0.2) is 48.5 Å². The molecule has 1 N–H and O–H groups in total. The highest BCUT2D eigenvalue weighted by Crippen LogP contribution is 2.23. The quantitative estimate of drug-likeness (QED) is 0.351. The van der Waals surface area contributed by atoms with Gasteiger partial charge in [0.25, 0.3) is 0 Å². The first-order chi connectivity index (χ1) is 17.1. The van der Waals surface area contributed by atoms with E-state index in [4.69, 9.17) is 11.6 Å². The molecule has 1 atom stereocenters. The molecule has 36 heavy (non-hydrogen) atoms. The molecule has 0 aromatic heterocycles. The number of nitrogens with one attached hydrogen (secondary N) is 1. The van der Waals surface area contributed by atoms with E-state index in [1.807, 2.05) is 13.8 Å². The highest BCUT2D eigenvalue weighted by Gasteiger charge is 2.28. The Labute approximate surface area is 218 Å². The Morgan fingerprint density at radius 3 is 2.36 bits per heavy atom. The zero-order valence-electron chi connectivity index (χ0n) is 21.0. The minimum atomic E-state index is -3.60. The van der Waals surface area contributed by atoms with Crippen molar-refractivity contribution in [2.75, 3.05) is 23.7 Å². The first-order valence-electron chi connectivity index (χ1n) is 12.1. The largest absolute Gasteiger partial charge is 0.354 e. The van der Waals surface area contributed by atoms with Gasteiger partial charge in [-0.05, 0) is 55.2 Å². The summed E-state index contributed by atoms with van der Waals surface area (Å²) in [5.41, 5.74) is 1.11.